The van der Waals surface area contributed by atoms with Crippen LogP contribution in [0.2, 0.25) is 0 Å². The maximum Gasteiger partial charge on any atom is 0.191 e. The minimum atomic E-state index is 0. The minimum absolute atomic E-state index is 0. The fraction of sp³-hybridized carbons (Fsp3) is 0.667. The molecule has 20 heavy (non-hydrogen) atoms. The van der Waals surface area contributed by atoms with Crippen molar-refractivity contribution in [1.82, 2.24) is 15.6 Å². The fourth-order valence-corrected chi connectivity index (χ4v) is 2.97. The van der Waals surface area contributed by atoms with Gasteiger partial charge in [-0.15, -0.1) is 35.3 Å². The number of hydrogen-bond donors (Lipinski definition) is 2. The molecule has 5 nitrogen and oxygen atoms in total. The Bertz CT molecular complexity index is 349. The molecule has 0 aliphatic carbocycles. The van der Waals surface area contributed by atoms with Crippen LogP contribution in [0.5, 0.6) is 0 Å². The van der Waals surface area contributed by atoms with Crippen LogP contribution >= 0.6 is 47.1 Å². The van der Waals surface area contributed by atoms with Crippen molar-refractivity contribution in [2.75, 3.05) is 39.1 Å². The van der Waals surface area contributed by atoms with Gasteiger partial charge in [-0.1, -0.05) is 11.8 Å². The molecular weight excluding hydrogens is 407 g/mol. The van der Waals surface area contributed by atoms with Crippen molar-refractivity contribution in [2.45, 2.75) is 17.7 Å². The highest BCUT2D eigenvalue weighted by molar-refractivity contribution is 14.0. The second kappa shape index (κ2) is 13.9. The van der Waals surface area contributed by atoms with Gasteiger partial charge in [-0.3, -0.25) is 4.99 Å². The normalized spacial score (nSPS) is 11.0. The molecule has 0 radical (unpaired) electrons. The summed E-state index contributed by atoms with van der Waals surface area (Å²) in [5.41, 5.74) is 0. The highest BCUT2D eigenvalue weighted by Crippen LogP contribution is 2.20. The number of ether oxygens (including phenoxy) is 1. The summed E-state index contributed by atoms with van der Waals surface area (Å²) in [6.45, 7) is 5.14. The fourth-order valence-electron chi connectivity index (χ4n) is 1.33. The van der Waals surface area contributed by atoms with Crippen molar-refractivity contribution in [2.24, 2.45) is 4.99 Å². The van der Waals surface area contributed by atoms with Crippen LogP contribution in [0.1, 0.15) is 13.3 Å². The second-order valence-corrected chi connectivity index (χ2v) is 5.86. The predicted molar refractivity (Wildman–Crippen MR) is 98.7 cm³/mol. The molecule has 1 aromatic rings. The van der Waals surface area contributed by atoms with Crippen molar-refractivity contribution >= 4 is 53.0 Å². The van der Waals surface area contributed by atoms with Crippen LogP contribution in [0.25, 0.3) is 0 Å². The summed E-state index contributed by atoms with van der Waals surface area (Å²) in [5, 5.41) is 8.49. The quantitative estimate of drug-likeness (QED) is 0.207. The number of aromatic nitrogens is 1. The van der Waals surface area contributed by atoms with Gasteiger partial charge < -0.3 is 15.4 Å². The van der Waals surface area contributed by atoms with Crippen LogP contribution in [-0.2, 0) is 4.74 Å². The first-order chi connectivity index (χ1) is 9.36. The van der Waals surface area contributed by atoms with E-state index in [2.05, 4.69) is 20.6 Å². The molecule has 2 N–H and O–H groups in total. The minimum Gasteiger partial charge on any atom is -0.380 e. The van der Waals surface area contributed by atoms with E-state index in [1.54, 1.807) is 30.1 Å². The number of hydrogen-bond acceptors (Lipinski definition) is 5. The Balaban J connectivity index is 0.00000361. The van der Waals surface area contributed by atoms with Gasteiger partial charge in [-0.25, -0.2) is 4.98 Å². The summed E-state index contributed by atoms with van der Waals surface area (Å²) in [7, 11) is 1.78. The summed E-state index contributed by atoms with van der Waals surface area (Å²) in [6.07, 6.45) is 2.92. The van der Waals surface area contributed by atoms with E-state index in [4.69, 9.17) is 4.74 Å². The molecule has 0 amide bonds. The maximum atomic E-state index is 5.26. The summed E-state index contributed by atoms with van der Waals surface area (Å²) in [4.78, 5) is 8.39. The highest BCUT2D eigenvalue weighted by atomic mass is 127. The Hall–Kier alpha value is -0.0600. The van der Waals surface area contributed by atoms with E-state index in [0.717, 1.165) is 42.2 Å². The molecule has 0 aliphatic heterocycles. The number of thiazole rings is 1. The number of thioether (sulfide) groups is 1. The zero-order chi connectivity index (χ0) is 13.8. The molecule has 0 bridgehead atoms. The van der Waals surface area contributed by atoms with E-state index in [0.29, 0.717) is 6.61 Å². The Kier molecular flexibility index (Phi) is 13.9. The smallest absolute Gasteiger partial charge is 0.191 e. The zero-order valence-electron chi connectivity index (χ0n) is 11.9. The zero-order valence-corrected chi connectivity index (χ0v) is 15.9. The largest absolute Gasteiger partial charge is 0.380 e. The monoisotopic (exact) mass is 430 g/mol. The van der Waals surface area contributed by atoms with E-state index in [1.165, 1.54) is 0 Å². The Labute approximate surface area is 146 Å². The predicted octanol–water partition coefficient (Wildman–Crippen LogP) is 2.44. The molecule has 0 atom stereocenters. The van der Waals surface area contributed by atoms with Crippen molar-refractivity contribution in [3.63, 3.8) is 0 Å². The molecule has 0 unspecified atom stereocenters. The molecule has 116 valence electrons. The first-order valence-corrected chi connectivity index (χ1v) is 8.28. The standard InChI is InChI=1S/C12H22N4OS2.HI/c1-3-17-8-6-15-11(13-2)14-5-4-9-18-12-16-7-10-19-12;/h7,10H,3-6,8-9H2,1-2H3,(H2,13,14,15);1H. The number of nitrogens with zero attached hydrogens (tertiary/aromatic N) is 2. The van der Waals surface area contributed by atoms with Crippen LogP contribution in [-0.4, -0.2) is 50.0 Å². The lowest BCUT2D eigenvalue weighted by atomic mass is 10.5. The molecule has 0 saturated carbocycles. The number of rotatable bonds is 9. The van der Waals surface area contributed by atoms with Crippen LogP contribution in [0.15, 0.2) is 20.9 Å². The van der Waals surface area contributed by atoms with E-state index in [-0.39, 0.29) is 24.0 Å². The van der Waals surface area contributed by atoms with Gasteiger partial charge in [0.25, 0.3) is 0 Å². The van der Waals surface area contributed by atoms with Gasteiger partial charge >= 0.3 is 0 Å². The van der Waals surface area contributed by atoms with Gasteiger partial charge in [0.05, 0.1) is 6.61 Å². The molecule has 1 rings (SSSR count). The topological polar surface area (TPSA) is 58.5 Å². The molecule has 0 saturated heterocycles. The summed E-state index contributed by atoms with van der Waals surface area (Å²) in [5.74, 6) is 1.90. The third-order valence-electron chi connectivity index (χ3n) is 2.22. The number of aliphatic imine (C=N–C) groups is 1. The highest BCUT2D eigenvalue weighted by Gasteiger charge is 1.98. The van der Waals surface area contributed by atoms with E-state index >= 15 is 0 Å². The van der Waals surface area contributed by atoms with Gasteiger partial charge in [0.15, 0.2) is 5.96 Å². The lowest BCUT2D eigenvalue weighted by Crippen LogP contribution is -2.39. The van der Waals surface area contributed by atoms with Gasteiger partial charge in [0.2, 0.25) is 0 Å². The molecule has 8 heteroatoms. The molecule has 0 aliphatic rings. The van der Waals surface area contributed by atoms with Crippen LogP contribution < -0.4 is 10.6 Å². The first kappa shape index (κ1) is 19.9. The van der Waals surface area contributed by atoms with E-state index in [1.807, 2.05) is 18.5 Å². The summed E-state index contributed by atoms with van der Waals surface area (Å²) < 4.78 is 6.40. The summed E-state index contributed by atoms with van der Waals surface area (Å²) >= 11 is 3.49. The SMILES string of the molecule is CCOCCNC(=NC)NCCCSc1nccs1.I. The van der Waals surface area contributed by atoms with E-state index < -0.39 is 0 Å². The molecule has 0 spiro atoms. The number of guanidine groups is 1. The average molecular weight is 430 g/mol. The van der Waals surface area contributed by atoms with Crippen molar-refractivity contribution < 1.29 is 4.74 Å². The Morgan fingerprint density at radius 3 is 2.90 bits per heavy atom. The molecule has 1 heterocycles. The third-order valence-corrected chi connectivity index (χ3v) is 4.27. The summed E-state index contributed by atoms with van der Waals surface area (Å²) in [6, 6.07) is 0. The lowest BCUT2D eigenvalue weighted by molar-refractivity contribution is 0.152. The molecular formula is C12H23IN4OS2. The maximum absolute atomic E-state index is 5.26. The average Bonchev–Trinajstić information content (AvgIpc) is 2.94. The van der Waals surface area contributed by atoms with Crippen LogP contribution in [0.4, 0.5) is 0 Å². The second-order valence-electron chi connectivity index (χ2n) is 3.62. The van der Waals surface area contributed by atoms with Gasteiger partial charge in [-0.05, 0) is 13.3 Å². The first-order valence-electron chi connectivity index (χ1n) is 6.41. The molecule has 1 aromatic heterocycles. The lowest BCUT2D eigenvalue weighted by Gasteiger charge is -2.11. The van der Waals surface area contributed by atoms with E-state index in [9.17, 15) is 0 Å². The van der Waals surface area contributed by atoms with Gasteiger partial charge in [-0.2, -0.15) is 0 Å². The van der Waals surface area contributed by atoms with Crippen molar-refractivity contribution in [3.8, 4) is 0 Å². The van der Waals surface area contributed by atoms with Gasteiger partial charge in [0, 0.05) is 44.1 Å². The Morgan fingerprint density at radius 2 is 2.25 bits per heavy atom. The van der Waals surface area contributed by atoms with Crippen LogP contribution in [0.3, 0.4) is 0 Å². The van der Waals surface area contributed by atoms with Crippen molar-refractivity contribution in [3.05, 3.63) is 11.6 Å². The Morgan fingerprint density at radius 1 is 1.45 bits per heavy atom. The number of nitrogens with one attached hydrogen (secondary N) is 2. The van der Waals surface area contributed by atoms with Crippen molar-refractivity contribution in [1.29, 1.82) is 0 Å². The molecule has 0 aromatic carbocycles. The van der Waals surface area contributed by atoms with Gasteiger partial charge in [0.1, 0.15) is 4.34 Å². The third kappa shape index (κ3) is 9.78. The van der Waals surface area contributed by atoms with Crippen LogP contribution in [0, 0.1) is 0 Å². The molecule has 0 fully saturated rings. The number of halogens is 1.